The Balaban J connectivity index is 2.16. The van der Waals surface area contributed by atoms with Gasteiger partial charge in [-0.25, -0.2) is 0 Å². The summed E-state index contributed by atoms with van der Waals surface area (Å²) in [5.74, 6) is 0. The van der Waals surface area contributed by atoms with Crippen LogP contribution in [0.4, 0.5) is 0 Å². The van der Waals surface area contributed by atoms with Gasteiger partial charge >= 0.3 is 0 Å². The molecular weight excluding hydrogens is 118 g/mol. The largest absolute Gasteiger partial charge is 0.316 e. The minimum atomic E-state index is 0.810. The van der Waals surface area contributed by atoms with Gasteiger partial charge in [0.15, 0.2) is 0 Å². The fraction of sp³-hybridized carbons (Fsp3) is 1.00. The third kappa shape index (κ3) is 1.00. The van der Waals surface area contributed by atoms with E-state index in [1.54, 1.807) is 0 Å². The van der Waals surface area contributed by atoms with E-state index in [1.807, 2.05) is 18.8 Å². The van der Waals surface area contributed by atoms with Gasteiger partial charge in [-0.05, 0) is 26.1 Å². The molecule has 1 saturated carbocycles. The van der Waals surface area contributed by atoms with Crippen molar-refractivity contribution in [1.82, 2.24) is 5.32 Å². The first-order valence-electron chi connectivity index (χ1n) is 3.08. The highest BCUT2D eigenvalue weighted by molar-refractivity contribution is 7.99. The van der Waals surface area contributed by atoms with E-state index in [9.17, 15) is 0 Å². The van der Waals surface area contributed by atoms with Crippen molar-refractivity contribution < 1.29 is 0 Å². The Hall–Kier alpha value is 0.310. The topological polar surface area (TPSA) is 12.0 Å². The normalized spacial score (nSPS) is 36.8. The molecule has 2 heteroatoms. The summed E-state index contributed by atoms with van der Waals surface area (Å²) in [6.07, 6.45) is 4.98. The van der Waals surface area contributed by atoms with E-state index in [-0.39, 0.29) is 0 Å². The Bertz CT molecular complexity index is 60.9. The van der Waals surface area contributed by atoms with E-state index < -0.39 is 0 Å². The Kier molecular flexibility index (Phi) is 2.20. The van der Waals surface area contributed by atoms with Crippen molar-refractivity contribution in [3.63, 3.8) is 0 Å². The van der Waals surface area contributed by atoms with Crippen molar-refractivity contribution in [2.75, 3.05) is 13.3 Å². The van der Waals surface area contributed by atoms with Crippen molar-refractivity contribution >= 4 is 11.8 Å². The van der Waals surface area contributed by atoms with Crippen LogP contribution in [-0.2, 0) is 0 Å². The molecular formula is C6H13NS. The lowest BCUT2D eigenvalue weighted by molar-refractivity contribution is 0.377. The van der Waals surface area contributed by atoms with Gasteiger partial charge in [0, 0.05) is 11.3 Å². The van der Waals surface area contributed by atoms with E-state index in [0.717, 1.165) is 11.3 Å². The van der Waals surface area contributed by atoms with Crippen LogP contribution in [0, 0.1) is 0 Å². The van der Waals surface area contributed by atoms with Crippen LogP contribution in [0.25, 0.3) is 0 Å². The van der Waals surface area contributed by atoms with Gasteiger partial charge in [-0.3, -0.25) is 0 Å². The van der Waals surface area contributed by atoms with E-state index >= 15 is 0 Å². The number of thioether (sulfide) groups is 1. The fourth-order valence-electron chi connectivity index (χ4n) is 1.08. The van der Waals surface area contributed by atoms with Crippen LogP contribution in [0.1, 0.15) is 12.8 Å². The van der Waals surface area contributed by atoms with Gasteiger partial charge in [0.2, 0.25) is 0 Å². The third-order valence-corrected chi connectivity index (χ3v) is 3.05. The van der Waals surface area contributed by atoms with Gasteiger partial charge in [-0.2, -0.15) is 11.8 Å². The average Bonchev–Trinajstić information content (AvgIpc) is 1.66. The molecule has 0 radical (unpaired) electrons. The smallest absolute Gasteiger partial charge is 0.0198 e. The van der Waals surface area contributed by atoms with E-state index in [0.29, 0.717) is 0 Å². The maximum atomic E-state index is 3.28. The standard InChI is InChI=1S/C6H13NS/c1-7-5-3-4-6(5)8-2/h5-7H,3-4H2,1-2H3. The van der Waals surface area contributed by atoms with Gasteiger partial charge in [0.05, 0.1) is 0 Å². The second-order valence-electron chi connectivity index (χ2n) is 2.25. The molecule has 0 aromatic carbocycles. The van der Waals surface area contributed by atoms with Crippen LogP contribution < -0.4 is 5.32 Å². The number of hydrogen-bond donors (Lipinski definition) is 1. The maximum Gasteiger partial charge on any atom is 0.0198 e. The molecule has 2 atom stereocenters. The van der Waals surface area contributed by atoms with Crippen LogP contribution in [-0.4, -0.2) is 24.6 Å². The molecule has 8 heavy (non-hydrogen) atoms. The van der Waals surface area contributed by atoms with Crippen molar-refractivity contribution in [1.29, 1.82) is 0 Å². The molecule has 1 N–H and O–H groups in total. The molecule has 1 nitrogen and oxygen atoms in total. The molecule has 0 amide bonds. The minimum Gasteiger partial charge on any atom is -0.316 e. The number of nitrogens with one attached hydrogen (secondary N) is 1. The Labute approximate surface area is 55.2 Å². The zero-order valence-electron chi connectivity index (χ0n) is 5.48. The molecule has 1 aliphatic rings. The second kappa shape index (κ2) is 2.74. The summed E-state index contributed by atoms with van der Waals surface area (Å²) in [5, 5.41) is 4.18. The maximum absolute atomic E-state index is 3.28. The summed E-state index contributed by atoms with van der Waals surface area (Å²) in [4.78, 5) is 0. The van der Waals surface area contributed by atoms with Gasteiger partial charge in [-0.1, -0.05) is 0 Å². The molecule has 0 aromatic heterocycles. The zero-order valence-corrected chi connectivity index (χ0v) is 6.29. The first kappa shape index (κ1) is 6.43. The molecule has 0 heterocycles. The predicted octanol–water partition coefficient (Wildman–Crippen LogP) is 1.10. The van der Waals surface area contributed by atoms with Crippen LogP contribution in [0.3, 0.4) is 0 Å². The quantitative estimate of drug-likeness (QED) is 0.602. The van der Waals surface area contributed by atoms with Crippen molar-refractivity contribution in [2.45, 2.75) is 24.1 Å². The average molecular weight is 131 g/mol. The fourth-order valence-corrected chi connectivity index (χ4v) is 2.05. The van der Waals surface area contributed by atoms with Gasteiger partial charge in [0.25, 0.3) is 0 Å². The zero-order chi connectivity index (χ0) is 5.98. The Morgan fingerprint density at radius 2 is 2.25 bits per heavy atom. The van der Waals surface area contributed by atoms with Crippen molar-refractivity contribution in [3.8, 4) is 0 Å². The molecule has 0 spiro atoms. The summed E-state index contributed by atoms with van der Waals surface area (Å²) >= 11 is 1.98. The molecule has 0 aromatic rings. The third-order valence-electron chi connectivity index (χ3n) is 1.88. The van der Waals surface area contributed by atoms with Gasteiger partial charge < -0.3 is 5.32 Å². The SMILES string of the molecule is CNC1CCC1SC. The van der Waals surface area contributed by atoms with E-state index in [4.69, 9.17) is 0 Å². The first-order chi connectivity index (χ1) is 3.88. The lowest BCUT2D eigenvalue weighted by Crippen LogP contribution is -2.43. The molecule has 1 fully saturated rings. The van der Waals surface area contributed by atoms with Gasteiger partial charge in [0.1, 0.15) is 0 Å². The molecule has 0 saturated heterocycles. The van der Waals surface area contributed by atoms with Crippen LogP contribution in [0.5, 0.6) is 0 Å². The first-order valence-corrected chi connectivity index (χ1v) is 4.37. The number of rotatable bonds is 2. The van der Waals surface area contributed by atoms with Crippen molar-refractivity contribution in [2.24, 2.45) is 0 Å². The molecule has 48 valence electrons. The summed E-state index contributed by atoms with van der Waals surface area (Å²) < 4.78 is 0. The lowest BCUT2D eigenvalue weighted by Gasteiger charge is -2.34. The second-order valence-corrected chi connectivity index (χ2v) is 3.32. The monoisotopic (exact) mass is 131 g/mol. The van der Waals surface area contributed by atoms with Crippen LogP contribution in [0.15, 0.2) is 0 Å². The summed E-state index contributed by atoms with van der Waals surface area (Å²) in [6, 6.07) is 0.810. The highest BCUT2D eigenvalue weighted by Gasteiger charge is 2.27. The molecule has 2 unspecified atom stereocenters. The van der Waals surface area contributed by atoms with E-state index in [1.165, 1.54) is 12.8 Å². The highest BCUT2D eigenvalue weighted by atomic mass is 32.2. The molecule has 0 aliphatic heterocycles. The minimum absolute atomic E-state index is 0.810. The molecule has 1 aliphatic carbocycles. The van der Waals surface area contributed by atoms with E-state index in [2.05, 4.69) is 11.6 Å². The molecule has 0 bridgehead atoms. The Morgan fingerprint density at radius 3 is 2.38 bits per heavy atom. The van der Waals surface area contributed by atoms with Crippen molar-refractivity contribution in [3.05, 3.63) is 0 Å². The summed E-state index contributed by atoms with van der Waals surface area (Å²) in [6.45, 7) is 0. The van der Waals surface area contributed by atoms with Gasteiger partial charge in [-0.15, -0.1) is 0 Å². The summed E-state index contributed by atoms with van der Waals surface area (Å²) in [5.41, 5.74) is 0. The Morgan fingerprint density at radius 1 is 1.50 bits per heavy atom. The highest BCUT2D eigenvalue weighted by Crippen LogP contribution is 2.29. The summed E-state index contributed by atoms with van der Waals surface area (Å²) in [7, 11) is 2.05. The van der Waals surface area contributed by atoms with Crippen LogP contribution >= 0.6 is 11.8 Å². The number of hydrogen-bond acceptors (Lipinski definition) is 2. The lowest BCUT2D eigenvalue weighted by atomic mass is 9.93. The molecule has 1 rings (SSSR count). The predicted molar refractivity (Wildman–Crippen MR) is 39.4 cm³/mol. The van der Waals surface area contributed by atoms with Crippen LogP contribution in [0.2, 0.25) is 0 Å².